The van der Waals surface area contributed by atoms with E-state index in [1.54, 1.807) is 7.11 Å². The highest BCUT2D eigenvalue weighted by Crippen LogP contribution is 2.32. The second-order valence-corrected chi connectivity index (χ2v) is 6.57. The standard InChI is InChI=1S/C18H22N2O3S/c1-3-23-13-7-6-10-20(11-13)18(21)15-12-24-17(19-15)14-8-4-5-9-16(14)22-2/h4-5,8-9,12-13H,3,6-7,10-11H2,1-2H3. The molecule has 0 bridgehead atoms. The Morgan fingerprint density at radius 2 is 2.25 bits per heavy atom. The maximum absolute atomic E-state index is 12.7. The summed E-state index contributed by atoms with van der Waals surface area (Å²) in [6.07, 6.45) is 2.13. The number of benzene rings is 1. The van der Waals surface area contributed by atoms with E-state index in [0.29, 0.717) is 18.8 Å². The Bertz CT molecular complexity index is 699. The van der Waals surface area contributed by atoms with Crippen molar-refractivity contribution in [1.82, 2.24) is 9.88 Å². The molecule has 1 aromatic heterocycles. The molecule has 1 aromatic carbocycles. The van der Waals surface area contributed by atoms with Crippen molar-refractivity contribution in [2.75, 3.05) is 26.8 Å². The number of rotatable bonds is 5. The predicted molar refractivity (Wildman–Crippen MR) is 94.7 cm³/mol. The van der Waals surface area contributed by atoms with E-state index in [0.717, 1.165) is 35.7 Å². The zero-order valence-electron chi connectivity index (χ0n) is 14.0. The van der Waals surface area contributed by atoms with Gasteiger partial charge in [0.15, 0.2) is 0 Å². The van der Waals surface area contributed by atoms with E-state index < -0.39 is 0 Å². The minimum atomic E-state index is -0.0169. The molecule has 5 nitrogen and oxygen atoms in total. The Morgan fingerprint density at radius 1 is 1.42 bits per heavy atom. The molecule has 1 atom stereocenters. The van der Waals surface area contributed by atoms with Crippen molar-refractivity contribution in [1.29, 1.82) is 0 Å². The number of amides is 1. The second kappa shape index (κ2) is 7.77. The van der Waals surface area contributed by atoms with Gasteiger partial charge in [0.2, 0.25) is 0 Å². The van der Waals surface area contributed by atoms with Crippen molar-refractivity contribution >= 4 is 17.2 Å². The molecule has 3 rings (SSSR count). The van der Waals surface area contributed by atoms with Crippen LogP contribution < -0.4 is 4.74 Å². The number of carbonyl (C=O) groups is 1. The lowest BCUT2D eigenvalue weighted by molar-refractivity contribution is 0.00706. The molecular weight excluding hydrogens is 324 g/mol. The van der Waals surface area contributed by atoms with Crippen molar-refractivity contribution in [3.8, 4) is 16.3 Å². The minimum Gasteiger partial charge on any atom is -0.496 e. The maximum Gasteiger partial charge on any atom is 0.273 e. The monoisotopic (exact) mass is 346 g/mol. The topological polar surface area (TPSA) is 51.7 Å². The number of hydrogen-bond acceptors (Lipinski definition) is 5. The molecule has 24 heavy (non-hydrogen) atoms. The summed E-state index contributed by atoms with van der Waals surface area (Å²) in [5.74, 6) is 0.747. The van der Waals surface area contributed by atoms with Crippen molar-refractivity contribution < 1.29 is 14.3 Å². The fourth-order valence-electron chi connectivity index (χ4n) is 2.97. The fourth-order valence-corrected chi connectivity index (χ4v) is 3.80. The van der Waals surface area contributed by atoms with E-state index in [1.807, 2.05) is 41.5 Å². The molecule has 1 aliphatic heterocycles. The average molecular weight is 346 g/mol. The Morgan fingerprint density at radius 3 is 3.04 bits per heavy atom. The molecule has 0 aliphatic carbocycles. The Balaban J connectivity index is 1.76. The van der Waals surface area contributed by atoms with Crippen molar-refractivity contribution in [3.05, 3.63) is 35.3 Å². The lowest BCUT2D eigenvalue weighted by Crippen LogP contribution is -2.43. The quantitative estimate of drug-likeness (QED) is 0.832. The summed E-state index contributed by atoms with van der Waals surface area (Å²) in [7, 11) is 1.64. The number of nitrogens with zero attached hydrogens (tertiary/aromatic N) is 2. The molecule has 1 fully saturated rings. The van der Waals surface area contributed by atoms with Gasteiger partial charge in [-0.3, -0.25) is 4.79 Å². The molecule has 6 heteroatoms. The molecule has 0 spiro atoms. The van der Waals surface area contributed by atoms with Crippen molar-refractivity contribution in [2.45, 2.75) is 25.9 Å². The fraction of sp³-hybridized carbons (Fsp3) is 0.444. The van der Waals surface area contributed by atoms with Crippen LogP contribution in [0.15, 0.2) is 29.6 Å². The van der Waals surface area contributed by atoms with Gasteiger partial charge in [-0.25, -0.2) is 4.98 Å². The molecule has 128 valence electrons. The van der Waals surface area contributed by atoms with Crippen molar-refractivity contribution in [2.24, 2.45) is 0 Å². The molecule has 1 saturated heterocycles. The zero-order valence-corrected chi connectivity index (χ0v) is 14.8. The number of thiazole rings is 1. The first-order valence-corrected chi connectivity index (χ1v) is 9.10. The van der Waals surface area contributed by atoms with E-state index in [1.165, 1.54) is 11.3 Å². The molecule has 2 heterocycles. The molecule has 0 radical (unpaired) electrons. The summed E-state index contributed by atoms with van der Waals surface area (Å²) in [4.78, 5) is 19.1. The number of carbonyl (C=O) groups excluding carboxylic acids is 1. The average Bonchev–Trinajstić information content (AvgIpc) is 3.11. The van der Waals surface area contributed by atoms with E-state index in [2.05, 4.69) is 4.98 Å². The summed E-state index contributed by atoms with van der Waals surface area (Å²) in [5, 5.41) is 2.63. The summed E-state index contributed by atoms with van der Waals surface area (Å²) in [6.45, 7) is 4.08. The summed E-state index contributed by atoms with van der Waals surface area (Å²) >= 11 is 1.47. The van der Waals surface area contributed by atoms with Crippen LogP contribution in [0.1, 0.15) is 30.3 Å². The van der Waals surface area contributed by atoms with Gasteiger partial charge in [0, 0.05) is 25.1 Å². The predicted octanol–water partition coefficient (Wildman–Crippen LogP) is 3.46. The highest BCUT2D eigenvalue weighted by Gasteiger charge is 2.26. The van der Waals surface area contributed by atoms with E-state index in [-0.39, 0.29) is 12.0 Å². The molecule has 1 unspecified atom stereocenters. The van der Waals surface area contributed by atoms with Crippen LogP contribution in [0.4, 0.5) is 0 Å². The van der Waals surface area contributed by atoms with Gasteiger partial charge in [-0.1, -0.05) is 12.1 Å². The number of methoxy groups -OCH3 is 1. The van der Waals surface area contributed by atoms with Gasteiger partial charge in [0.25, 0.3) is 5.91 Å². The smallest absolute Gasteiger partial charge is 0.273 e. The van der Waals surface area contributed by atoms with E-state index in [4.69, 9.17) is 9.47 Å². The normalized spacial score (nSPS) is 17.8. The van der Waals surface area contributed by atoms with Crippen LogP contribution in [0.2, 0.25) is 0 Å². The first kappa shape index (κ1) is 16.9. The number of hydrogen-bond donors (Lipinski definition) is 0. The van der Waals surface area contributed by atoms with Gasteiger partial charge in [-0.15, -0.1) is 11.3 Å². The Labute approximate surface area is 146 Å². The first-order chi connectivity index (χ1) is 11.7. The van der Waals surface area contributed by atoms with Gasteiger partial charge in [0.05, 0.1) is 18.8 Å². The molecule has 1 aliphatic rings. The van der Waals surface area contributed by atoms with Gasteiger partial charge >= 0.3 is 0 Å². The van der Waals surface area contributed by atoms with Crippen LogP contribution in [-0.4, -0.2) is 48.7 Å². The van der Waals surface area contributed by atoms with Crippen LogP contribution in [0.5, 0.6) is 5.75 Å². The van der Waals surface area contributed by atoms with Crippen LogP contribution >= 0.6 is 11.3 Å². The third kappa shape index (κ3) is 3.60. The van der Waals surface area contributed by atoms with Gasteiger partial charge in [-0.05, 0) is 31.9 Å². The van der Waals surface area contributed by atoms with E-state index in [9.17, 15) is 4.79 Å². The third-order valence-electron chi connectivity index (χ3n) is 4.13. The summed E-state index contributed by atoms with van der Waals surface area (Å²) in [6, 6.07) is 7.72. The van der Waals surface area contributed by atoms with Crippen LogP contribution in [0, 0.1) is 0 Å². The largest absolute Gasteiger partial charge is 0.496 e. The Hall–Kier alpha value is -1.92. The van der Waals surface area contributed by atoms with Gasteiger partial charge in [-0.2, -0.15) is 0 Å². The number of likely N-dealkylation sites (tertiary alicyclic amines) is 1. The summed E-state index contributed by atoms with van der Waals surface area (Å²) < 4.78 is 11.1. The molecule has 2 aromatic rings. The SMILES string of the molecule is CCOC1CCCN(C(=O)c2csc(-c3ccccc3OC)n2)C1. The maximum atomic E-state index is 12.7. The highest BCUT2D eigenvalue weighted by atomic mass is 32.1. The second-order valence-electron chi connectivity index (χ2n) is 5.71. The lowest BCUT2D eigenvalue weighted by atomic mass is 10.1. The van der Waals surface area contributed by atoms with Crippen LogP contribution in [0.25, 0.3) is 10.6 Å². The lowest BCUT2D eigenvalue weighted by Gasteiger charge is -2.32. The zero-order chi connectivity index (χ0) is 16.9. The third-order valence-corrected chi connectivity index (χ3v) is 5.00. The highest BCUT2D eigenvalue weighted by molar-refractivity contribution is 7.13. The first-order valence-electron chi connectivity index (χ1n) is 8.22. The van der Waals surface area contributed by atoms with Crippen LogP contribution in [-0.2, 0) is 4.74 Å². The van der Waals surface area contributed by atoms with Gasteiger partial charge < -0.3 is 14.4 Å². The number of para-hydroxylation sites is 1. The molecule has 0 saturated carbocycles. The number of ether oxygens (including phenoxy) is 2. The molecule has 0 N–H and O–H groups in total. The molecular formula is C18H22N2O3S. The van der Waals surface area contributed by atoms with Crippen molar-refractivity contribution in [3.63, 3.8) is 0 Å². The number of aromatic nitrogens is 1. The van der Waals surface area contributed by atoms with E-state index >= 15 is 0 Å². The molecule has 1 amide bonds. The van der Waals surface area contributed by atoms with Gasteiger partial charge in [0.1, 0.15) is 16.5 Å². The summed E-state index contributed by atoms with van der Waals surface area (Å²) in [5.41, 5.74) is 1.41. The van der Waals surface area contributed by atoms with Crippen LogP contribution in [0.3, 0.4) is 0 Å². The number of piperidine rings is 1. The minimum absolute atomic E-state index is 0.0169. The Kier molecular flexibility index (Phi) is 5.48.